The van der Waals surface area contributed by atoms with Crippen LogP contribution in [0, 0.1) is 0 Å². The molecule has 0 aromatic heterocycles. The Kier molecular flexibility index (Phi) is 3.62. The lowest BCUT2D eigenvalue weighted by atomic mass is 10.2. The Bertz CT molecular complexity index is 400. The molecule has 5 heteroatoms. The van der Waals surface area contributed by atoms with Crippen LogP contribution in [0.1, 0.15) is 5.56 Å². The van der Waals surface area contributed by atoms with Gasteiger partial charge in [0.05, 0.1) is 4.90 Å². The first-order valence-electron chi connectivity index (χ1n) is 4.24. The molecule has 1 aromatic carbocycles. The number of sulfonamides is 1. The maximum atomic E-state index is 11.5. The van der Waals surface area contributed by atoms with E-state index in [1.807, 2.05) is 0 Å². The lowest BCUT2D eigenvalue weighted by Crippen LogP contribution is -2.20. The summed E-state index contributed by atoms with van der Waals surface area (Å²) >= 11 is 0. The molecule has 0 saturated carbocycles. The molecular formula is C9H13NO3S. The molecule has 0 spiro atoms. The minimum Gasteiger partial charge on any atom is -0.396 e. The van der Waals surface area contributed by atoms with Gasteiger partial charge in [0.25, 0.3) is 0 Å². The quantitative estimate of drug-likeness (QED) is 0.750. The van der Waals surface area contributed by atoms with Gasteiger partial charge in [-0.25, -0.2) is 13.1 Å². The van der Waals surface area contributed by atoms with E-state index in [1.165, 1.54) is 13.1 Å². The van der Waals surface area contributed by atoms with E-state index in [0.29, 0.717) is 12.0 Å². The molecule has 0 fully saturated rings. The molecule has 0 saturated heterocycles. The predicted molar refractivity (Wildman–Crippen MR) is 53.5 cm³/mol. The van der Waals surface area contributed by atoms with Crippen LogP contribution in [-0.4, -0.2) is 27.2 Å². The maximum absolute atomic E-state index is 11.5. The summed E-state index contributed by atoms with van der Waals surface area (Å²) in [6.45, 7) is -0.0593. The van der Waals surface area contributed by atoms with E-state index in [-0.39, 0.29) is 11.5 Å². The van der Waals surface area contributed by atoms with Gasteiger partial charge in [0.15, 0.2) is 0 Å². The monoisotopic (exact) mass is 215 g/mol. The lowest BCUT2D eigenvalue weighted by molar-refractivity contribution is 0.298. The Hall–Kier alpha value is -0.910. The SMILES string of the molecule is CNS(=O)(=O)c1ccccc1CCO. The zero-order chi connectivity index (χ0) is 10.6. The molecule has 0 aliphatic heterocycles. The third-order valence-corrected chi connectivity index (χ3v) is 3.43. The van der Waals surface area contributed by atoms with Crippen LogP contribution in [-0.2, 0) is 16.4 Å². The highest BCUT2D eigenvalue weighted by Crippen LogP contribution is 2.14. The molecule has 0 unspecified atom stereocenters. The summed E-state index contributed by atoms with van der Waals surface area (Å²) in [5.41, 5.74) is 0.629. The van der Waals surface area contributed by atoms with Crippen molar-refractivity contribution in [3.8, 4) is 0 Å². The number of hydrogen-bond donors (Lipinski definition) is 2. The highest BCUT2D eigenvalue weighted by Gasteiger charge is 2.14. The van der Waals surface area contributed by atoms with E-state index in [2.05, 4.69) is 4.72 Å². The second kappa shape index (κ2) is 4.54. The van der Waals surface area contributed by atoms with Crippen molar-refractivity contribution in [3.63, 3.8) is 0 Å². The van der Waals surface area contributed by atoms with Crippen LogP contribution in [0.4, 0.5) is 0 Å². The first-order chi connectivity index (χ1) is 6.61. The largest absolute Gasteiger partial charge is 0.396 e. The third-order valence-electron chi connectivity index (χ3n) is 1.91. The summed E-state index contributed by atoms with van der Waals surface area (Å²) in [4.78, 5) is 0.233. The third kappa shape index (κ3) is 2.31. The summed E-state index contributed by atoms with van der Waals surface area (Å²) in [6, 6.07) is 6.63. The molecule has 14 heavy (non-hydrogen) atoms. The number of hydrogen-bond acceptors (Lipinski definition) is 3. The van der Waals surface area contributed by atoms with Crippen molar-refractivity contribution in [2.24, 2.45) is 0 Å². The molecule has 1 rings (SSSR count). The molecule has 0 heterocycles. The van der Waals surface area contributed by atoms with Gasteiger partial charge in [-0.2, -0.15) is 0 Å². The molecule has 0 atom stereocenters. The van der Waals surface area contributed by atoms with Crippen LogP contribution < -0.4 is 4.72 Å². The van der Waals surface area contributed by atoms with Crippen molar-refractivity contribution in [2.45, 2.75) is 11.3 Å². The molecule has 0 aliphatic carbocycles. The van der Waals surface area contributed by atoms with Crippen LogP contribution in [0.15, 0.2) is 29.2 Å². The Morgan fingerprint density at radius 1 is 1.36 bits per heavy atom. The zero-order valence-corrected chi connectivity index (χ0v) is 8.71. The van der Waals surface area contributed by atoms with Gasteiger partial charge in [-0.15, -0.1) is 0 Å². The normalized spacial score (nSPS) is 11.6. The van der Waals surface area contributed by atoms with Crippen LogP contribution >= 0.6 is 0 Å². The van der Waals surface area contributed by atoms with Crippen molar-refractivity contribution >= 4 is 10.0 Å². The molecule has 0 radical (unpaired) electrons. The Morgan fingerprint density at radius 2 is 2.00 bits per heavy atom. The van der Waals surface area contributed by atoms with Crippen molar-refractivity contribution in [1.82, 2.24) is 4.72 Å². The molecule has 0 bridgehead atoms. The van der Waals surface area contributed by atoms with E-state index in [1.54, 1.807) is 18.2 Å². The highest BCUT2D eigenvalue weighted by molar-refractivity contribution is 7.89. The minimum absolute atomic E-state index is 0.0593. The van der Waals surface area contributed by atoms with Crippen LogP contribution in [0.3, 0.4) is 0 Å². The number of aliphatic hydroxyl groups excluding tert-OH is 1. The Labute approximate surface area is 83.6 Å². The van der Waals surface area contributed by atoms with E-state index in [4.69, 9.17) is 5.11 Å². The summed E-state index contributed by atoms with van der Waals surface area (Å²) in [5.74, 6) is 0. The van der Waals surface area contributed by atoms with E-state index in [0.717, 1.165) is 0 Å². The topological polar surface area (TPSA) is 66.4 Å². The van der Waals surface area contributed by atoms with E-state index in [9.17, 15) is 8.42 Å². The summed E-state index contributed by atoms with van der Waals surface area (Å²) < 4.78 is 25.3. The van der Waals surface area contributed by atoms with Gasteiger partial charge in [-0.1, -0.05) is 18.2 Å². The second-order valence-corrected chi connectivity index (χ2v) is 4.64. The molecule has 0 aliphatic rings. The van der Waals surface area contributed by atoms with Gasteiger partial charge in [-0.05, 0) is 25.1 Å². The average molecular weight is 215 g/mol. The number of aliphatic hydroxyl groups is 1. The minimum atomic E-state index is -3.41. The smallest absolute Gasteiger partial charge is 0.240 e. The highest BCUT2D eigenvalue weighted by atomic mass is 32.2. The fraction of sp³-hybridized carbons (Fsp3) is 0.333. The van der Waals surface area contributed by atoms with Gasteiger partial charge in [0, 0.05) is 6.61 Å². The summed E-state index contributed by atoms with van der Waals surface area (Å²) in [5, 5.41) is 8.77. The van der Waals surface area contributed by atoms with Crippen LogP contribution in [0.2, 0.25) is 0 Å². The lowest BCUT2D eigenvalue weighted by Gasteiger charge is -2.07. The average Bonchev–Trinajstić information content (AvgIpc) is 2.19. The van der Waals surface area contributed by atoms with Gasteiger partial charge in [-0.3, -0.25) is 0 Å². The molecular weight excluding hydrogens is 202 g/mol. The molecule has 78 valence electrons. The standard InChI is InChI=1S/C9H13NO3S/c1-10-14(12,13)9-5-3-2-4-8(9)6-7-11/h2-5,10-11H,6-7H2,1H3. The van der Waals surface area contributed by atoms with E-state index >= 15 is 0 Å². The first kappa shape index (κ1) is 11.2. The Balaban J connectivity index is 3.20. The van der Waals surface area contributed by atoms with Crippen LogP contribution in [0.25, 0.3) is 0 Å². The molecule has 2 N–H and O–H groups in total. The molecule has 0 amide bonds. The summed E-state index contributed by atoms with van der Waals surface area (Å²) in [6.07, 6.45) is 0.344. The number of nitrogens with one attached hydrogen (secondary N) is 1. The van der Waals surface area contributed by atoms with Gasteiger partial charge in [0.1, 0.15) is 0 Å². The van der Waals surface area contributed by atoms with Gasteiger partial charge < -0.3 is 5.11 Å². The summed E-state index contributed by atoms with van der Waals surface area (Å²) in [7, 11) is -2.05. The van der Waals surface area contributed by atoms with Crippen LogP contribution in [0.5, 0.6) is 0 Å². The van der Waals surface area contributed by atoms with Crippen molar-refractivity contribution < 1.29 is 13.5 Å². The van der Waals surface area contributed by atoms with Crippen molar-refractivity contribution in [1.29, 1.82) is 0 Å². The van der Waals surface area contributed by atoms with Gasteiger partial charge in [0.2, 0.25) is 10.0 Å². The van der Waals surface area contributed by atoms with Crippen molar-refractivity contribution in [2.75, 3.05) is 13.7 Å². The molecule has 4 nitrogen and oxygen atoms in total. The van der Waals surface area contributed by atoms with E-state index < -0.39 is 10.0 Å². The second-order valence-electron chi connectivity index (χ2n) is 2.79. The number of benzene rings is 1. The number of rotatable bonds is 4. The molecule has 1 aromatic rings. The zero-order valence-electron chi connectivity index (χ0n) is 7.90. The predicted octanol–water partition coefficient (Wildman–Crippen LogP) is 0.130. The maximum Gasteiger partial charge on any atom is 0.240 e. The van der Waals surface area contributed by atoms with Gasteiger partial charge >= 0.3 is 0 Å². The first-order valence-corrected chi connectivity index (χ1v) is 5.72. The fourth-order valence-electron chi connectivity index (χ4n) is 1.20. The fourth-order valence-corrected chi connectivity index (χ4v) is 2.20. The van der Waals surface area contributed by atoms with Crippen molar-refractivity contribution in [3.05, 3.63) is 29.8 Å². The Morgan fingerprint density at radius 3 is 2.57 bits per heavy atom.